The van der Waals surface area contributed by atoms with Crippen LogP contribution in [0.25, 0.3) is 11.3 Å². The molecule has 6 heteroatoms. The van der Waals surface area contributed by atoms with Crippen molar-refractivity contribution in [3.8, 4) is 11.3 Å². The fourth-order valence-electron chi connectivity index (χ4n) is 1.72. The van der Waals surface area contributed by atoms with Gasteiger partial charge in [-0.3, -0.25) is 0 Å². The van der Waals surface area contributed by atoms with E-state index in [-0.39, 0.29) is 13.2 Å². The minimum Gasteiger partial charge on any atom is -0.392 e. The zero-order valence-electron chi connectivity index (χ0n) is 10.3. The summed E-state index contributed by atoms with van der Waals surface area (Å²) in [7, 11) is 0. The summed E-state index contributed by atoms with van der Waals surface area (Å²) < 4.78 is 0. The van der Waals surface area contributed by atoms with E-state index < -0.39 is 0 Å². The van der Waals surface area contributed by atoms with Crippen molar-refractivity contribution in [2.75, 3.05) is 6.26 Å². The molecule has 19 heavy (non-hydrogen) atoms. The van der Waals surface area contributed by atoms with Gasteiger partial charge in [0.1, 0.15) is 5.15 Å². The SMILES string of the molecule is CSc1nc(Cl)cc(-c2ccc(CO)c(CO)c2)n1. The van der Waals surface area contributed by atoms with Crippen LogP contribution in [-0.2, 0) is 13.2 Å². The van der Waals surface area contributed by atoms with Gasteiger partial charge in [-0.15, -0.1) is 0 Å². The Morgan fingerprint density at radius 2 is 1.84 bits per heavy atom. The number of benzene rings is 1. The molecule has 0 unspecified atom stereocenters. The average molecular weight is 297 g/mol. The molecule has 0 saturated heterocycles. The van der Waals surface area contributed by atoms with Gasteiger partial charge in [-0.2, -0.15) is 0 Å². The average Bonchev–Trinajstić information content (AvgIpc) is 2.45. The molecule has 0 atom stereocenters. The minimum atomic E-state index is -0.127. The number of hydrogen-bond acceptors (Lipinski definition) is 5. The predicted molar refractivity (Wildman–Crippen MR) is 76.1 cm³/mol. The lowest BCUT2D eigenvalue weighted by Crippen LogP contribution is -1.96. The summed E-state index contributed by atoms with van der Waals surface area (Å²) in [5, 5.41) is 19.5. The Bertz CT molecular complexity index is 593. The van der Waals surface area contributed by atoms with E-state index >= 15 is 0 Å². The molecule has 2 rings (SSSR count). The van der Waals surface area contributed by atoms with Gasteiger partial charge in [-0.05, 0) is 23.4 Å². The molecule has 0 spiro atoms. The fourth-order valence-corrected chi connectivity index (χ4v) is 2.34. The largest absolute Gasteiger partial charge is 0.392 e. The third-order valence-corrected chi connectivity index (χ3v) is 3.44. The Kier molecular flexibility index (Phi) is 4.76. The van der Waals surface area contributed by atoms with E-state index in [4.69, 9.17) is 11.6 Å². The topological polar surface area (TPSA) is 66.2 Å². The summed E-state index contributed by atoms with van der Waals surface area (Å²) in [6.45, 7) is -0.227. The highest BCUT2D eigenvalue weighted by atomic mass is 35.5. The maximum Gasteiger partial charge on any atom is 0.189 e. The van der Waals surface area contributed by atoms with E-state index in [1.54, 1.807) is 18.2 Å². The summed E-state index contributed by atoms with van der Waals surface area (Å²) in [5.74, 6) is 0. The van der Waals surface area contributed by atoms with Gasteiger partial charge >= 0.3 is 0 Å². The van der Waals surface area contributed by atoms with Gasteiger partial charge in [-0.25, -0.2) is 9.97 Å². The third kappa shape index (κ3) is 3.25. The van der Waals surface area contributed by atoms with Crippen molar-refractivity contribution in [2.24, 2.45) is 0 Å². The van der Waals surface area contributed by atoms with E-state index in [1.165, 1.54) is 11.8 Å². The normalized spacial score (nSPS) is 10.7. The molecule has 0 aliphatic carbocycles. The molecule has 2 aromatic rings. The molecule has 0 aliphatic rings. The van der Waals surface area contributed by atoms with Gasteiger partial charge in [0.15, 0.2) is 5.16 Å². The fraction of sp³-hybridized carbons (Fsp3) is 0.231. The van der Waals surface area contributed by atoms with Crippen molar-refractivity contribution in [3.63, 3.8) is 0 Å². The summed E-state index contributed by atoms with van der Waals surface area (Å²) in [6.07, 6.45) is 1.88. The molecule has 1 aromatic heterocycles. The van der Waals surface area contributed by atoms with Crippen LogP contribution in [0.5, 0.6) is 0 Å². The van der Waals surface area contributed by atoms with Crippen LogP contribution in [-0.4, -0.2) is 26.4 Å². The molecule has 0 saturated carbocycles. The smallest absolute Gasteiger partial charge is 0.189 e. The number of aromatic nitrogens is 2. The molecule has 0 radical (unpaired) electrons. The quantitative estimate of drug-likeness (QED) is 0.515. The number of aliphatic hydroxyl groups is 2. The Hall–Kier alpha value is -1.14. The van der Waals surface area contributed by atoms with E-state index in [2.05, 4.69) is 9.97 Å². The van der Waals surface area contributed by atoms with Crippen molar-refractivity contribution in [3.05, 3.63) is 40.5 Å². The van der Waals surface area contributed by atoms with Gasteiger partial charge in [0.25, 0.3) is 0 Å². The zero-order chi connectivity index (χ0) is 13.8. The Labute approximate surface area is 120 Å². The lowest BCUT2D eigenvalue weighted by Gasteiger charge is -2.08. The Morgan fingerprint density at radius 1 is 1.11 bits per heavy atom. The highest BCUT2D eigenvalue weighted by molar-refractivity contribution is 7.98. The zero-order valence-corrected chi connectivity index (χ0v) is 11.9. The third-order valence-electron chi connectivity index (χ3n) is 2.70. The molecule has 0 aliphatic heterocycles. The molecule has 100 valence electrons. The second-order valence-electron chi connectivity index (χ2n) is 3.86. The van der Waals surface area contributed by atoms with Crippen molar-refractivity contribution < 1.29 is 10.2 Å². The monoisotopic (exact) mass is 296 g/mol. The number of rotatable bonds is 4. The lowest BCUT2D eigenvalue weighted by atomic mass is 10.0. The first-order chi connectivity index (χ1) is 9.17. The highest BCUT2D eigenvalue weighted by Gasteiger charge is 2.08. The van der Waals surface area contributed by atoms with E-state index in [0.29, 0.717) is 27.1 Å². The van der Waals surface area contributed by atoms with Crippen LogP contribution in [0.1, 0.15) is 11.1 Å². The van der Waals surface area contributed by atoms with Gasteiger partial charge < -0.3 is 10.2 Å². The summed E-state index contributed by atoms with van der Waals surface area (Å²) in [6, 6.07) is 7.09. The van der Waals surface area contributed by atoms with Crippen molar-refractivity contribution in [1.82, 2.24) is 9.97 Å². The number of nitrogens with zero attached hydrogens (tertiary/aromatic N) is 2. The van der Waals surface area contributed by atoms with Gasteiger partial charge in [0.2, 0.25) is 0 Å². The van der Waals surface area contributed by atoms with Crippen molar-refractivity contribution >= 4 is 23.4 Å². The van der Waals surface area contributed by atoms with Crippen LogP contribution in [0.15, 0.2) is 29.4 Å². The first-order valence-corrected chi connectivity index (χ1v) is 7.20. The number of hydrogen-bond donors (Lipinski definition) is 2. The first-order valence-electron chi connectivity index (χ1n) is 5.60. The van der Waals surface area contributed by atoms with Crippen LogP contribution >= 0.6 is 23.4 Å². The minimum absolute atomic E-state index is 0.100. The van der Waals surface area contributed by atoms with Crippen LogP contribution in [0.3, 0.4) is 0 Å². The molecular weight excluding hydrogens is 284 g/mol. The second-order valence-corrected chi connectivity index (χ2v) is 5.02. The van der Waals surface area contributed by atoms with Crippen LogP contribution in [0.2, 0.25) is 5.15 Å². The molecular formula is C13H13ClN2O2S. The molecule has 0 amide bonds. The molecule has 4 nitrogen and oxygen atoms in total. The van der Waals surface area contributed by atoms with Gasteiger partial charge in [0, 0.05) is 11.6 Å². The van der Waals surface area contributed by atoms with Crippen molar-refractivity contribution in [2.45, 2.75) is 18.4 Å². The highest BCUT2D eigenvalue weighted by Crippen LogP contribution is 2.25. The summed E-state index contributed by atoms with van der Waals surface area (Å²) in [4.78, 5) is 8.46. The van der Waals surface area contributed by atoms with E-state index in [9.17, 15) is 10.2 Å². The Balaban J connectivity index is 2.49. The molecule has 1 aromatic carbocycles. The number of halogens is 1. The standard InChI is InChI=1S/C13H13ClN2O2S/c1-19-13-15-11(5-12(14)16-13)8-2-3-9(6-17)10(4-8)7-18/h2-5,17-18H,6-7H2,1H3. The van der Waals surface area contributed by atoms with Gasteiger partial charge in [-0.1, -0.05) is 35.5 Å². The van der Waals surface area contributed by atoms with Crippen molar-refractivity contribution in [1.29, 1.82) is 0 Å². The van der Waals surface area contributed by atoms with E-state index in [1.807, 2.05) is 12.3 Å². The number of aliphatic hydroxyl groups excluding tert-OH is 2. The predicted octanol–water partition coefficient (Wildman–Crippen LogP) is 2.50. The molecule has 1 heterocycles. The second kappa shape index (κ2) is 6.34. The van der Waals surface area contributed by atoms with Crippen LogP contribution in [0.4, 0.5) is 0 Å². The lowest BCUT2D eigenvalue weighted by molar-refractivity contribution is 0.260. The van der Waals surface area contributed by atoms with Gasteiger partial charge in [0.05, 0.1) is 18.9 Å². The molecule has 0 bridgehead atoms. The van der Waals surface area contributed by atoms with Crippen LogP contribution in [0, 0.1) is 0 Å². The van der Waals surface area contributed by atoms with E-state index in [0.717, 1.165) is 5.56 Å². The van der Waals surface area contributed by atoms with Crippen LogP contribution < -0.4 is 0 Å². The Morgan fingerprint density at radius 3 is 2.47 bits per heavy atom. The number of thioether (sulfide) groups is 1. The maximum absolute atomic E-state index is 9.30. The molecule has 0 fully saturated rings. The summed E-state index contributed by atoms with van der Waals surface area (Å²) in [5.41, 5.74) is 2.92. The maximum atomic E-state index is 9.30. The summed E-state index contributed by atoms with van der Waals surface area (Å²) >= 11 is 7.37. The first kappa shape index (κ1) is 14.3. The molecule has 2 N–H and O–H groups in total.